The quantitative estimate of drug-likeness (QED) is 0.893. The van der Waals surface area contributed by atoms with Crippen LogP contribution < -0.4 is 5.32 Å². The van der Waals surface area contributed by atoms with Crippen molar-refractivity contribution in [3.05, 3.63) is 52.1 Å². The molecule has 0 bridgehead atoms. The van der Waals surface area contributed by atoms with E-state index in [1.54, 1.807) is 6.92 Å². The van der Waals surface area contributed by atoms with Gasteiger partial charge in [0, 0.05) is 11.9 Å². The molecule has 0 fully saturated rings. The first kappa shape index (κ1) is 16.9. The lowest BCUT2D eigenvalue weighted by Crippen LogP contribution is -2.17. The lowest BCUT2D eigenvalue weighted by Gasteiger charge is -2.12. The van der Waals surface area contributed by atoms with Crippen molar-refractivity contribution in [1.82, 2.24) is 9.97 Å². The van der Waals surface area contributed by atoms with Gasteiger partial charge in [-0.15, -0.1) is 0 Å². The maximum atomic E-state index is 12.4. The summed E-state index contributed by atoms with van der Waals surface area (Å²) < 4.78 is 0. The largest absolute Gasteiger partial charge is 0.478 e. The van der Waals surface area contributed by atoms with Crippen molar-refractivity contribution in [2.45, 2.75) is 26.7 Å². The number of aromatic carboxylic acids is 1. The summed E-state index contributed by atoms with van der Waals surface area (Å²) in [4.78, 5) is 31.7. The Bertz CT molecular complexity index is 775. The molecule has 0 atom stereocenters. The molecule has 0 saturated heterocycles. The molecule has 0 saturated carbocycles. The normalized spacial score (nSPS) is 10.7. The summed E-state index contributed by atoms with van der Waals surface area (Å²) in [5.41, 5.74) is 1.42. The molecule has 0 unspecified atom stereocenters. The summed E-state index contributed by atoms with van der Waals surface area (Å²) in [7, 11) is 0. The fraction of sp³-hybridized carbons (Fsp3) is 0.250. The molecule has 2 rings (SSSR count). The van der Waals surface area contributed by atoms with Gasteiger partial charge in [-0.05, 0) is 31.0 Å². The van der Waals surface area contributed by atoms with E-state index in [1.807, 2.05) is 13.8 Å². The molecule has 2 aromatic rings. The zero-order valence-corrected chi connectivity index (χ0v) is 13.7. The summed E-state index contributed by atoms with van der Waals surface area (Å²) in [6, 6.07) is 4.22. The van der Waals surface area contributed by atoms with Crippen molar-refractivity contribution >= 4 is 29.2 Å². The molecule has 2 N–H and O–H groups in total. The average molecular weight is 334 g/mol. The Balaban J connectivity index is 2.29. The number of nitrogens with one attached hydrogen (secondary N) is 1. The van der Waals surface area contributed by atoms with Crippen LogP contribution in [0.2, 0.25) is 5.02 Å². The minimum absolute atomic E-state index is 0.0220. The van der Waals surface area contributed by atoms with Gasteiger partial charge in [-0.2, -0.15) is 0 Å². The Morgan fingerprint density at radius 3 is 2.52 bits per heavy atom. The van der Waals surface area contributed by atoms with Crippen molar-refractivity contribution in [1.29, 1.82) is 0 Å². The number of hydrogen-bond acceptors (Lipinski definition) is 4. The van der Waals surface area contributed by atoms with Crippen molar-refractivity contribution in [3.63, 3.8) is 0 Å². The third kappa shape index (κ3) is 3.84. The SMILES string of the molecule is Cc1ncc(C(=O)Nc2ccc(C(=O)O)c(Cl)c2)c(C(C)C)n1. The highest BCUT2D eigenvalue weighted by Gasteiger charge is 2.17. The van der Waals surface area contributed by atoms with E-state index in [1.165, 1.54) is 24.4 Å². The van der Waals surface area contributed by atoms with Crippen molar-refractivity contribution in [2.24, 2.45) is 0 Å². The molecule has 1 aromatic heterocycles. The molecule has 0 spiro atoms. The van der Waals surface area contributed by atoms with Crippen molar-refractivity contribution in [3.8, 4) is 0 Å². The van der Waals surface area contributed by atoms with Crippen LogP contribution in [0.4, 0.5) is 5.69 Å². The van der Waals surface area contributed by atoms with Crippen molar-refractivity contribution in [2.75, 3.05) is 5.32 Å². The number of amides is 1. The first-order valence-corrected chi connectivity index (χ1v) is 7.35. The van der Waals surface area contributed by atoms with Crippen LogP contribution in [0.3, 0.4) is 0 Å². The van der Waals surface area contributed by atoms with Crippen LogP contribution in [0.15, 0.2) is 24.4 Å². The fourth-order valence-corrected chi connectivity index (χ4v) is 2.33. The number of carboxylic acid groups (broad SMARTS) is 1. The summed E-state index contributed by atoms with van der Waals surface area (Å²) >= 11 is 5.90. The van der Waals surface area contributed by atoms with Gasteiger partial charge in [-0.3, -0.25) is 4.79 Å². The molecule has 7 heteroatoms. The number of benzene rings is 1. The van der Waals surface area contributed by atoms with Gasteiger partial charge in [0.25, 0.3) is 5.91 Å². The van der Waals surface area contributed by atoms with E-state index >= 15 is 0 Å². The number of hydrogen-bond donors (Lipinski definition) is 2. The van der Waals surface area contributed by atoms with Gasteiger partial charge in [-0.1, -0.05) is 25.4 Å². The summed E-state index contributed by atoms with van der Waals surface area (Å²) in [5.74, 6) is -0.829. The maximum Gasteiger partial charge on any atom is 0.337 e. The molecule has 0 radical (unpaired) electrons. The number of carbonyl (C=O) groups is 2. The standard InChI is InChI=1S/C16H16ClN3O3/c1-8(2)14-12(7-18-9(3)19-14)15(21)20-10-4-5-11(16(22)23)13(17)6-10/h4-8H,1-3H3,(H,20,21)(H,22,23). The number of nitrogens with zero attached hydrogens (tertiary/aromatic N) is 2. The second-order valence-corrected chi connectivity index (χ2v) is 5.73. The monoisotopic (exact) mass is 333 g/mol. The van der Waals surface area contributed by atoms with Gasteiger partial charge in [0.1, 0.15) is 5.82 Å². The van der Waals surface area contributed by atoms with Crippen LogP contribution in [-0.4, -0.2) is 27.0 Å². The summed E-state index contributed by atoms with van der Waals surface area (Å²) in [6.45, 7) is 5.64. The smallest absolute Gasteiger partial charge is 0.337 e. The lowest BCUT2D eigenvalue weighted by molar-refractivity contribution is 0.0697. The molecular formula is C16H16ClN3O3. The van der Waals surface area contributed by atoms with E-state index in [-0.39, 0.29) is 22.4 Å². The van der Waals surface area contributed by atoms with Gasteiger partial charge in [0.05, 0.1) is 21.8 Å². The van der Waals surface area contributed by atoms with Crippen LogP contribution in [0.1, 0.15) is 52.0 Å². The van der Waals surface area contributed by atoms with Crippen LogP contribution in [0, 0.1) is 6.92 Å². The third-order valence-corrected chi connectivity index (χ3v) is 3.50. The fourth-order valence-electron chi connectivity index (χ4n) is 2.07. The predicted octanol–water partition coefficient (Wildman–Crippen LogP) is 3.51. The molecule has 1 amide bonds. The molecule has 1 heterocycles. The third-order valence-electron chi connectivity index (χ3n) is 3.19. The molecule has 1 aromatic carbocycles. The van der Waals surface area contributed by atoms with E-state index in [9.17, 15) is 9.59 Å². The van der Waals surface area contributed by atoms with E-state index in [4.69, 9.17) is 16.7 Å². The number of aryl methyl sites for hydroxylation is 1. The second-order valence-electron chi connectivity index (χ2n) is 5.32. The first-order valence-electron chi connectivity index (χ1n) is 6.97. The molecular weight excluding hydrogens is 318 g/mol. The molecule has 0 aliphatic rings. The van der Waals surface area contributed by atoms with Gasteiger partial charge in [0.15, 0.2) is 0 Å². The van der Waals surface area contributed by atoms with E-state index in [0.717, 1.165) is 0 Å². The number of aromatic nitrogens is 2. The molecule has 120 valence electrons. The number of carbonyl (C=O) groups excluding carboxylic acids is 1. The minimum atomic E-state index is -1.12. The van der Waals surface area contributed by atoms with Crippen LogP contribution in [0.25, 0.3) is 0 Å². The van der Waals surface area contributed by atoms with Gasteiger partial charge < -0.3 is 10.4 Å². The van der Waals surface area contributed by atoms with Gasteiger partial charge in [-0.25, -0.2) is 14.8 Å². The zero-order chi connectivity index (χ0) is 17.1. The predicted molar refractivity (Wildman–Crippen MR) is 87.2 cm³/mol. The van der Waals surface area contributed by atoms with E-state index < -0.39 is 5.97 Å². The Morgan fingerprint density at radius 2 is 1.96 bits per heavy atom. The lowest BCUT2D eigenvalue weighted by atomic mass is 10.0. The molecule has 6 nitrogen and oxygen atoms in total. The topological polar surface area (TPSA) is 92.2 Å². The van der Waals surface area contributed by atoms with Crippen LogP contribution in [-0.2, 0) is 0 Å². The first-order chi connectivity index (χ1) is 10.8. The number of anilines is 1. The van der Waals surface area contributed by atoms with Crippen LogP contribution in [0.5, 0.6) is 0 Å². The Hall–Kier alpha value is -2.47. The van der Waals surface area contributed by atoms with E-state index in [2.05, 4.69) is 15.3 Å². The highest BCUT2D eigenvalue weighted by atomic mass is 35.5. The van der Waals surface area contributed by atoms with Gasteiger partial charge >= 0.3 is 5.97 Å². The Kier molecular flexibility index (Phi) is 4.95. The molecule has 0 aliphatic carbocycles. The van der Waals surface area contributed by atoms with E-state index in [0.29, 0.717) is 22.8 Å². The Morgan fingerprint density at radius 1 is 1.26 bits per heavy atom. The zero-order valence-electron chi connectivity index (χ0n) is 12.9. The highest BCUT2D eigenvalue weighted by molar-refractivity contribution is 6.33. The number of carboxylic acids is 1. The maximum absolute atomic E-state index is 12.4. The molecule has 0 aliphatic heterocycles. The summed E-state index contributed by atoms with van der Waals surface area (Å²) in [5, 5.41) is 11.7. The minimum Gasteiger partial charge on any atom is -0.478 e. The molecule has 23 heavy (non-hydrogen) atoms. The Labute approximate surface area is 138 Å². The summed E-state index contributed by atoms with van der Waals surface area (Å²) in [6.07, 6.45) is 1.49. The van der Waals surface area contributed by atoms with Crippen LogP contribution >= 0.6 is 11.6 Å². The number of rotatable bonds is 4. The average Bonchev–Trinajstić information content (AvgIpc) is 2.46. The number of halogens is 1. The highest BCUT2D eigenvalue weighted by Crippen LogP contribution is 2.23. The second kappa shape index (κ2) is 6.75. The van der Waals surface area contributed by atoms with Gasteiger partial charge in [0.2, 0.25) is 0 Å². The van der Waals surface area contributed by atoms with Crippen molar-refractivity contribution < 1.29 is 14.7 Å².